The van der Waals surface area contributed by atoms with E-state index in [1.165, 1.54) is 18.4 Å². The average molecular weight is 358 g/mol. The molecule has 1 aromatic heterocycles. The van der Waals surface area contributed by atoms with Crippen LogP contribution in [0.3, 0.4) is 0 Å². The summed E-state index contributed by atoms with van der Waals surface area (Å²) >= 11 is 4.76. The molecule has 7 heteroatoms. The molecule has 0 unspecified atom stereocenters. The summed E-state index contributed by atoms with van der Waals surface area (Å²) in [6, 6.07) is 3.48. The maximum absolute atomic E-state index is 11.3. The van der Waals surface area contributed by atoms with Crippen molar-refractivity contribution in [2.75, 3.05) is 14.2 Å². The van der Waals surface area contributed by atoms with Gasteiger partial charge in [-0.05, 0) is 35.0 Å². The SMILES string of the molecule is COc1cc(Br)c(-c2sc(C)nc2C(=O)O)cc1OC. The van der Waals surface area contributed by atoms with Crippen LogP contribution in [0.15, 0.2) is 16.6 Å². The Bertz CT molecular complexity index is 669. The summed E-state index contributed by atoms with van der Waals surface area (Å²) in [4.78, 5) is 15.9. The van der Waals surface area contributed by atoms with E-state index >= 15 is 0 Å². The molecule has 0 bridgehead atoms. The maximum atomic E-state index is 11.3. The van der Waals surface area contributed by atoms with E-state index in [0.717, 1.165) is 4.47 Å². The number of carbonyl (C=O) groups is 1. The quantitative estimate of drug-likeness (QED) is 0.905. The predicted molar refractivity (Wildman–Crippen MR) is 80.1 cm³/mol. The minimum atomic E-state index is -1.05. The molecule has 106 valence electrons. The number of carboxylic acid groups (broad SMARTS) is 1. The fraction of sp³-hybridized carbons (Fsp3) is 0.231. The Labute approximate surface area is 128 Å². The fourth-order valence-electron chi connectivity index (χ4n) is 1.78. The maximum Gasteiger partial charge on any atom is 0.356 e. The lowest BCUT2D eigenvalue weighted by molar-refractivity contribution is 0.0692. The van der Waals surface area contributed by atoms with E-state index in [1.807, 2.05) is 0 Å². The molecule has 1 N–H and O–H groups in total. The number of aryl methyl sites for hydroxylation is 1. The molecule has 0 aliphatic rings. The lowest BCUT2D eigenvalue weighted by Gasteiger charge is -2.11. The number of nitrogens with zero attached hydrogens (tertiary/aromatic N) is 1. The van der Waals surface area contributed by atoms with Crippen molar-refractivity contribution in [1.82, 2.24) is 4.98 Å². The second-order valence-electron chi connectivity index (χ2n) is 3.90. The lowest BCUT2D eigenvalue weighted by Crippen LogP contribution is -1.99. The molecule has 0 radical (unpaired) electrons. The Morgan fingerprint density at radius 3 is 2.45 bits per heavy atom. The largest absolute Gasteiger partial charge is 0.493 e. The Hall–Kier alpha value is -1.60. The van der Waals surface area contributed by atoms with Crippen LogP contribution >= 0.6 is 27.3 Å². The third-order valence-electron chi connectivity index (χ3n) is 2.65. The first-order chi connectivity index (χ1) is 9.47. The minimum absolute atomic E-state index is 0.0421. The standard InChI is InChI=1S/C13H12BrNO4S/c1-6-15-11(13(16)17)12(20-6)7-4-9(18-2)10(19-3)5-8(7)14/h4-5H,1-3H3,(H,16,17). The number of thiazole rings is 1. The summed E-state index contributed by atoms with van der Waals surface area (Å²) in [6.07, 6.45) is 0. The molecule has 0 spiro atoms. The fourth-order valence-corrected chi connectivity index (χ4v) is 3.38. The van der Waals surface area contributed by atoms with E-state index in [0.29, 0.717) is 26.9 Å². The summed E-state index contributed by atoms with van der Waals surface area (Å²) < 4.78 is 11.2. The van der Waals surface area contributed by atoms with Crippen molar-refractivity contribution in [3.05, 3.63) is 27.3 Å². The van der Waals surface area contributed by atoms with Gasteiger partial charge in [-0.1, -0.05) is 0 Å². The number of aromatic carboxylic acids is 1. The lowest BCUT2D eigenvalue weighted by atomic mass is 10.1. The van der Waals surface area contributed by atoms with E-state index in [4.69, 9.17) is 9.47 Å². The van der Waals surface area contributed by atoms with Crippen LogP contribution in [0.4, 0.5) is 0 Å². The van der Waals surface area contributed by atoms with Gasteiger partial charge in [0.25, 0.3) is 0 Å². The van der Waals surface area contributed by atoms with Gasteiger partial charge in [-0.2, -0.15) is 0 Å². The van der Waals surface area contributed by atoms with Gasteiger partial charge in [-0.25, -0.2) is 9.78 Å². The van der Waals surface area contributed by atoms with Gasteiger partial charge in [0.05, 0.1) is 24.1 Å². The second-order valence-corrected chi connectivity index (χ2v) is 5.96. The first kappa shape index (κ1) is 14.8. The van der Waals surface area contributed by atoms with Crippen molar-refractivity contribution < 1.29 is 19.4 Å². The molecule has 0 saturated carbocycles. The van der Waals surface area contributed by atoms with Gasteiger partial charge < -0.3 is 14.6 Å². The number of halogens is 1. The molecule has 0 aliphatic carbocycles. The highest BCUT2D eigenvalue weighted by Gasteiger charge is 2.21. The zero-order valence-electron chi connectivity index (χ0n) is 11.1. The summed E-state index contributed by atoms with van der Waals surface area (Å²) in [6.45, 7) is 1.77. The van der Waals surface area contributed by atoms with Gasteiger partial charge in [-0.15, -0.1) is 11.3 Å². The van der Waals surface area contributed by atoms with Gasteiger partial charge >= 0.3 is 5.97 Å². The van der Waals surface area contributed by atoms with Gasteiger partial charge in [0.1, 0.15) is 0 Å². The van der Waals surface area contributed by atoms with Crippen molar-refractivity contribution in [1.29, 1.82) is 0 Å². The molecule has 1 heterocycles. The van der Waals surface area contributed by atoms with E-state index in [9.17, 15) is 9.90 Å². The highest BCUT2D eigenvalue weighted by atomic mass is 79.9. The van der Waals surface area contributed by atoms with Crippen LogP contribution in [0.5, 0.6) is 11.5 Å². The zero-order chi connectivity index (χ0) is 14.9. The number of carboxylic acids is 1. The van der Waals surface area contributed by atoms with Crippen molar-refractivity contribution in [3.63, 3.8) is 0 Å². The predicted octanol–water partition coefficient (Wildman–Crippen LogP) is 3.60. The van der Waals surface area contributed by atoms with E-state index < -0.39 is 5.97 Å². The molecular formula is C13H12BrNO4S. The van der Waals surface area contributed by atoms with Crippen LogP contribution in [0, 0.1) is 6.92 Å². The topological polar surface area (TPSA) is 68.7 Å². The summed E-state index contributed by atoms with van der Waals surface area (Å²) in [7, 11) is 3.08. The highest BCUT2D eigenvalue weighted by Crippen LogP contribution is 2.41. The first-order valence-electron chi connectivity index (χ1n) is 5.60. The van der Waals surface area contributed by atoms with E-state index in [1.54, 1.807) is 26.2 Å². The van der Waals surface area contributed by atoms with Crippen LogP contribution in [0.2, 0.25) is 0 Å². The van der Waals surface area contributed by atoms with Gasteiger partial charge in [-0.3, -0.25) is 0 Å². The Morgan fingerprint density at radius 1 is 1.30 bits per heavy atom. The van der Waals surface area contributed by atoms with Crippen molar-refractivity contribution in [2.45, 2.75) is 6.92 Å². The van der Waals surface area contributed by atoms with Gasteiger partial charge in [0.2, 0.25) is 0 Å². The van der Waals surface area contributed by atoms with E-state index in [2.05, 4.69) is 20.9 Å². The molecule has 0 saturated heterocycles. The molecular weight excluding hydrogens is 346 g/mol. The Morgan fingerprint density at radius 2 is 1.90 bits per heavy atom. The zero-order valence-corrected chi connectivity index (χ0v) is 13.5. The van der Waals surface area contributed by atoms with Crippen molar-refractivity contribution in [3.8, 4) is 21.9 Å². The van der Waals surface area contributed by atoms with Crippen LogP contribution in [0.25, 0.3) is 10.4 Å². The van der Waals surface area contributed by atoms with Crippen LogP contribution < -0.4 is 9.47 Å². The highest BCUT2D eigenvalue weighted by molar-refractivity contribution is 9.10. The van der Waals surface area contributed by atoms with Crippen LogP contribution in [-0.2, 0) is 0 Å². The third kappa shape index (κ3) is 2.64. The molecule has 2 rings (SSSR count). The number of rotatable bonds is 4. The van der Waals surface area contributed by atoms with Crippen molar-refractivity contribution >= 4 is 33.2 Å². The summed E-state index contributed by atoms with van der Waals surface area (Å²) in [5.74, 6) is 0.0559. The van der Waals surface area contributed by atoms with Gasteiger partial charge in [0, 0.05) is 10.0 Å². The summed E-state index contributed by atoms with van der Waals surface area (Å²) in [5.41, 5.74) is 0.756. The number of methoxy groups -OCH3 is 2. The Kier molecular flexibility index (Phi) is 4.29. The number of ether oxygens (including phenoxy) is 2. The number of hydrogen-bond donors (Lipinski definition) is 1. The van der Waals surface area contributed by atoms with Crippen LogP contribution in [-0.4, -0.2) is 30.3 Å². The molecule has 20 heavy (non-hydrogen) atoms. The average Bonchev–Trinajstić information content (AvgIpc) is 2.80. The molecule has 0 amide bonds. The molecule has 1 aromatic carbocycles. The minimum Gasteiger partial charge on any atom is -0.493 e. The second kappa shape index (κ2) is 5.80. The number of hydrogen-bond acceptors (Lipinski definition) is 5. The Balaban J connectivity index is 2.66. The summed E-state index contributed by atoms with van der Waals surface area (Å²) in [5, 5.41) is 9.92. The molecule has 0 fully saturated rings. The number of aromatic nitrogens is 1. The first-order valence-corrected chi connectivity index (χ1v) is 7.21. The normalized spacial score (nSPS) is 10.4. The molecule has 0 aliphatic heterocycles. The molecule has 5 nitrogen and oxygen atoms in total. The monoisotopic (exact) mass is 357 g/mol. The smallest absolute Gasteiger partial charge is 0.356 e. The third-order valence-corrected chi connectivity index (χ3v) is 4.31. The van der Waals surface area contributed by atoms with Gasteiger partial charge in [0.15, 0.2) is 17.2 Å². The van der Waals surface area contributed by atoms with Crippen molar-refractivity contribution in [2.24, 2.45) is 0 Å². The molecule has 2 aromatic rings. The van der Waals surface area contributed by atoms with E-state index in [-0.39, 0.29) is 5.69 Å². The number of benzene rings is 1. The van der Waals surface area contributed by atoms with Crippen LogP contribution in [0.1, 0.15) is 15.5 Å². The molecule has 0 atom stereocenters.